The van der Waals surface area contributed by atoms with E-state index in [1.165, 1.54) is 32.1 Å². The molecule has 4 bridgehead atoms. The minimum Gasteiger partial charge on any atom is -0.340 e. The monoisotopic (exact) mass is 493 g/mol. The largest absolute Gasteiger partial charge is 0.340 e. The number of amides is 1. The van der Waals surface area contributed by atoms with E-state index in [0.29, 0.717) is 17.2 Å². The van der Waals surface area contributed by atoms with Gasteiger partial charge in [0.15, 0.2) is 5.16 Å². The lowest BCUT2D eigenvalue weighted by Gasteiger charge is -2.57. The molecule has 2 saturated heterocycles. The first-order valence-electron chi connectivity index (χ1n) is 13.9. The van der Waals surface area contributed by atoms with Gasteiger partial charge in [-0.05, 0) is 94.3 Å². The highest BCUT2D eigenvalue weighted by Gasteiger charge is 2.54. The number of rotatable bonds is 4. The van der Waals surface area contributed by atoms with E-state index in [1.54, 1.807) is 0 Å². The molecule has 1 amide bonds. The molecule has 4 saturated carbocycles. The average molecular weight is 494 g/mol. The van der Waals surface area contributed by atoms with Crippen LogP contribution in [0.2, 0.25) is 0 Å². The van der Waals surface area contributed by atoms with Crippen LogP contribution in [0.5, 0.6) is 0 Å². The summed E-state index contributed by atoms with van der Waals surface area (Å²) in [5, 5.41) is 1.42. The zero-order valence-corrected chi connectivity index (χ0v) is 21.8. The molecule has 6 fully saturated rings. The molecule has 0 unspecified atom stereocenters. The molecule has 1 aromatic heterocycles. The number of fused-ring (bicyclic) bond motifs is 1. The van der Waals surface area contributed by atoms with Crippen molar-refractivity contribution < 1.29 is 4.79 Å². The van der Waals surface area contributed by atoms with Crippen LogP contribution in [-0.2, 0) is 4.79 Å². The first-order chi connectivity index (χ1) is 17.1. The topological polar surface area (TPSA) is 55.5 Å². The van der Waals surface area contributed by atoms with Crippen LogP contribution in [0, 0.1) is 23.7 Å². The van der Waals surface area contributed by atoms with Crippen LogP contribution in [0.25, 0.3) is 11.0 Å². The van der Waals surface area contributed by atoms with E-state index in [9.17, 15) is 4.79 Å². The first-order valence-corrected chi connectivity index (χ1v) is 14.8. The van der Waals surface area contributed by atoms with Crippen molar-refractivity contribution in [1.29, 1.82) is 0 Å². The van der Waals surface area contributed by atoms with Crippen molar-refractivity contribution in [1.82, 2.24) is 24.7 Å². The summed E-state index contributed by atoms with van der Waals surface area (Å²) in [5.74, 6) is 3.96. The highest BCUT2D eigenvalue weighted by Crippen LogP contribution is 2.56. The molecular weight excluding hydrogens is 454 g/mol. The number of thioether (sulfide) groups is 1. The van der Waals surface area contributed by atoms with Crippen LogP contribution in [-0.4, -0.2) is 87.7 Å². The quantitative estimate of drug-likeness (QED) is 0.695. The minimum absolute atomic E-state index is 0.0443. The fourth-order valence-electron chi connectivity index (χ4n) is 8.54. The van der Waals surface area contributed by atoms with Gasteiger partial charge in [0, 0.05) is 37.5 Å². The molecule has 2 aliphatic heterocycles. The zero-order valence-electron chi connectivity index (χ0n) is 20.9. The Morgan fingerprint density at radius 3 is 2.51 bits per heavy atom. The van der Waals surface area contributed by atoms with Crippen LogP contribution in [0.15, 0.2) is 29.4 Å². The Balaban J connectivity index is 1.14. The number of hydrogen-bond acceptors (Lipinski definition) is 5. The standard InChI is InChI=1S/C28H39N5OS/c1-31-7-4-8-32(10-9-31)27(34)25-16-22(35-28-29-23-5-2-3-6-24(23)30-28)17-33(25)26-20-12-18-11-19(14-20)15-21(26)13-18/h2-3,5-6,18-22,25-26H,4,7-17H2,1H3,(H,29,30)/t18?,19?,20?,21?,22-,25+,26?/m1/s1. The second-order valence-corrected chi connectivity index (χ2v) is 13.4. The van der Waals surface area contributed by atoms with E-state index in [4.69, 9.17) is 4.98 Å². The number of carbonyl (C=O) groups excluding carboxylic acids is 1. The molecule has 0 spiro atoms. The molecule has 8 rings (SSSR count). The number of aromatic nitrogens is 2. The smallest absolute Gasteiger partial charge is 0.240 e. The van der Waals surface area contributed by atoms with Gasteiger partial charge in [-0.15, -0.1) is 0 Å². The van der Waals surface area contributed by atoms with Gasteiger partial charge in [-0.2, -0.15) is 0 Å². The number of nitrogens with one attached hydrogen (secondary N) is 1. The van der Waals surface area contributed by atoms with E-state index in [0.717, 1.165) is 85.4 Å². The highest BCUT2D eigenvalue weighted by molar-refractivity contribution is 7.99. The maximum atomic E-state index is 14.1. The van der Waals surface area contributed by atoms with Crippen molar-refractivity contribution in [3.8, 4) is 0 Å². The van der Waals surface area contributed by atoms with Crippen molar-refractivity contribution in [3.63, 3.8) is 0 Å². The van der Waals surface area contributed by atoms with Gasteiger partial charge in [-0.1, -0.05) is 23.9 Å². The summed E-state index contributed by atoms with van der Waals surface area (Å²) in [6.07, 6.45) is 9.15. The third kappa shape index (κ3) is 4.21. The molecule has 4 aliphatic carbocycles. The van der Waals surface area contributed by atoms with Gasteiger partial charge in [0.1, 0.15) is 0 Å². The highest BCUT2D eigenvalue weighted by atomic mass is 32.2. The Morgan fingerprint density at radius 2 is 1.74 bits per heavy atom. The van der Waals surface area contributed by atoms with Crippen LogP contribution < -0.4 is 0 Å². The summed E-state index contributed by atoms with van der Waals surface area (Å²) in [6.45, 7) is 4.91. The second kappa shape index (κ2) is 9.07. The summed E-state index contributed by atoms with van der Waals surface area (Å²) in [6, 6.07) is 8.95. The lowest BCUT2D eigenvalue weighted by Crippen LogP contribution is -2.59. The molecular formula is C28H39N5OS. The lowest BCUT2D eigenvalue weighted by molar-refractivity contribution is -0.140. The number of para-hydroxylation sites is 2. The fourth-order valence-corrected chi connectivity index (χ4v) is 9.70. The van der Waals surface area contributed by atoms with E-state index in [-0.39, 0.29) is 6.04 Å². The summed E-state index contributed by atoms with van der Waals surface area (Å²) >= 11 is 1.87. The Kier molecular flexibility index (Phi) is 5.86. The number of hydrogen-bond donors (Lipinski definition) is 1. The number of benzene rings is 1. The number of likely N-dealkylation sites (tertiary alicyclic amines) is 1. The van der Waals surface area contributed by atoms with Gasteiger partial charge in [-0.25, -0.2) is 4.98 Å². The number of aromatic amines is 1. The minimum atomic E-state index is 0.0443. The third-order valence-electron chi connectivity index (χ3n) is 9.82. The van der Waals surface area contributed by atoms with Crippen LogP contribution in [0.1, 0.15) is 44.9 Å². The molecule has 35 heavy (non-hydrogen) atoms. The van der Waals surface area contributed by atoms with Gasteiger partial charge < -0.3 is 14.8 Å². The third-order valence-corrected chi connectivity index (χ3v) is 10.9. The molecule has 2 atom stereocenters. The summed E-state index contributed by atoms with van der Waals surface area (Å²) in [4.78, 5) is 29.8. The molecule has 1 aromatic carbocycles. The molecule has 6 nitrogen and oxygen atoms in total. The number of carbonyl (C=O) groups is 1. The molecule has 188 valence electrons. The van der Waals surface area contributed by atoms with Crippen molar-refractivity contribution in [2.45, 2.75) is 67.4 Å². The normalized spacial score (nSPS) is 37.9. The van der Waals surface area contributed by atoms with E-state index in [1.807, 2.05) is 11.8 Å². The number of nitrogens with zero attached hydrogens (tertiary/aromatic N) is 4. The van der Waals surface area contributed by atoms with Crippen molar-refractivity contribution in [3.05, 3.63) is 24.3 Å². The van der Waals surface area contributed by atoms with Gasteiger partial charge in [-0.3, -0.25) is 9.69 Å². The van der Waals surface area contributed by atoms with Gasteiger partial charge in [0.05, 0.1) is 17.1 Å². The van der Waals surface area contributed by atoms with Crippen LogP contribution in [0.3, 0.4) is 0 Å². The van der Waals surface area contributed by atoms with E-state index < -0.39 is 0 Å². The number of imidazole rings is 1. The fraction of sp³-hybridized carbons (Fsp3) is 0.714. The van der Waals surface area contributed by atoms with Gasteiger partial charge in [0.25, 0.3) is 0 Å². The maximum absolute atomic E-state index is 14.1. The molecule has 0 radical (unpaired) electrons. The van der Waals surface area contributed by atoms with E-state index in [2.05, 4.69) is 51.0 Å². The van der Waals surface area contributed by atoms with Crippen LogP contribution in [0.4, 0.5) is 0 Å². The van der Waals surface area contributed by atoms with Gasteiger partial charge >= 0.3 is 0 Å². The Bertz CT molecular complexity index is 1030. The molecule has 6 aliphatic rings. The predicted octanol–water partition coefficient (Wildman–Crippen LogP) is 4.09. The Morgan fingerprint density at radius 1 is 0.971 bits per heavy atom. The first kappa shape index (κ1) is 22.6. The van der Waals surface area contributed by atoms with E-state index >= 15 is 0 Å². The summed E-state index contributed by atoms with van der Waals surface area (Å²) in [5.41, 5.74) is 2.14. The number of H-pyrrole nitrogens is 1. The maximum Gasteiger partial charge on any atom is 0.240 e. The molecule has 3 heterocycles. The summed E-state index contributed by atoms with van der Waals surface area (Å²) < 4.78 is 0. The Hall–Kier alpha value is -1.57. The average Bonchev–Trinajstić information content (AvgIpc) is 3.37. The molecule has 2 aromatic rings. The number of likely N-dealkylation sites (N-methyl/N-ethyl adjacent to an activating group) is 1. The molecule has 1 N–H and O–H groups in total. The van der Waals surface area contributed by atoms with Crippen molar-refractivity contribution >= 4 is 28.7 Å². The summed E-state index contributed by atoms with van der Waals surface area (Å²) in [7, 11) is 2.18. The second-order valence-electron chi connectivity index (χ2n) is 12.2. The zero-order chi connectivity index (χ0) is 23.5. The Labute approximate surface area is 213 Å². The molecule has 7 heteroatoms. The van der Waals surface area contributed by atoms with Crippen molar-refractivity contribution in [2.24, 2.45) is 23.7 Å². The SMILES string of the molecule is CN1CCCN(C(=O)[C@@H]2C[C@@H](Sc3nc4ccccc4[nH]3)CN2C2C3CC4CC(C3)CC2C4)CC1. The lowest BCUT2D eigenvalue weighted by atomic mass is 9.54. The van der Waals surface area contributed by atoms with Gasteiger partial charge in [0.2, 0.25) is 5.91 Å². The predicted molar refractivity (Wildman–Crippen MR) is 140 cm³/mol. The van der Waals surface area contributed by atoms with Crippen molar-refractivity contribution in [2.75, 3.05) is 39.8 Å². The van der Waals surface area contributed by atoms with Crippen LogP contribution >= 0.6 is 11.8 Å².